The molecule has 1 unspecified atom stereocenters. The van der Waals surface area contributed by atoms with Crippen LogP contribution in [-0.2, 0) is 28.5 Å². The zero-order valence-corrected chi connectivity index (χ0v) is 10.8. The molecular weight excluding hydrogens is 244 g/mol. The Morgan fingerprint density at radius 3 is 2.44 bits per heavy atom. The molecule has 0 aliphatic carbocycles. The van der Waals surface area contributed by atoms with Crippen LogP contribution in [0.5, 0.6) is 0 Å². The average Bonchev–Trinajstić information content (AvgIpc) is 2.72. The van der Waals surface area contributed by atoms with Gasteiger partial charge in [-0.3, -0.25) is 4.79 Å². The van der Waals surface area contributed by atoms with E-state index in [9.17, 15) is 9.59 Å². The van der Waals surface area contributed by atoms with Crippen LogP contribution >= 0.6 is 0 Å². The Morgan fingerprint density at radius 1 is 1.39 bits per heavy atom. The Kier molecular flexibility index (Phi) is 5.36. The fourth-order valence-electron chi connectivity index (χ4n) is 1.59. The molecule has 0 aromatic carbocycles. The highest BCUT2D eigenvalue weighted by Gasteiger charge is 2.36. The summed E-state index contributed by atoms with van der Waals surface area (Å²) < 4.78 is 24.4. The SMILES string of the molecule is COCC(C)(COC)C(=O)OCC1COC(=O)O1. The van der Waals surface area contributed by atoms with Crippen molar-refractivity contribution in [1.82, 2.24) is 0 Å². The number of cyclic esters (lactones) is 2. The topological polar surface area (TPSA) is 80.3 Å². The van der Waals surface area contributed by atoms with Crippen LogP contribution in [0.3, 0.4) is 0 Å². The Bertz CT molecular complexity index is 296. The fraction of sp³-hybridized carbons (Fsp3) is 0.818. The van der Waals surface area contributed by atoms with Crippen molar-refractivity contribution >= 4 is 12.1 Å². The Morgan fingerprint density at radius 2 is 2.00 bits per heavy atom. The molecule has 0 aromatic heterocycles. The first-order valence-corrected chi connectivity index (χ1v) is 5.50. The lowest BCUT2D eigenvalue weighted by atomic mass is 9.93. The molecule has 1 fully saturated rings. The third kappa shape index (κ3) is 3.85. The molecule has 0 spiro atoms. The Labute approximate surface area is 105 Å². The van der Waals surface area contributed by atoms with Gasteiger partial charge in [0.1, 0.15) is 18.6 Å². The summed E-state index contributed by atoms with van der Waals surface area (Å²) in [5.41, 5.74) is -0.882. The van der Waals surface area contributed by atoms with Gasteiger partial charge in [0.25, 0.3) is 0 Å². The van der Waals surface area contributed by atoms with Crippen LogP contribution in [-0.4, -0.2) is 58.9 Å². The first-order chi connectivity index (χ1) is 8.51. The van der Waals surface area contributed by atoms with E-state index in [0.717, 1.165) is 0 Å². The zero-order valence-electron chi connectivity index (χ0n) is 10.8. The summed E-state index contributed by atoms with van der Waals surface area (Å²) >= 11 is 0. The van der Waals surface area contributed by atoms with Gasteiger partial charge >= 0.3 is 12.1 Å². The minimum atomic E-state index is -0.882. The van der Waals surface area contributed by atoms with Crippen LogP contribution in [0.4, 0.5) is 4.79 Å². The summed E-state index contributed by atoms with van der Waals surface area (Å²) in [6.07, 6.45) is -1.29. The number of carbonyl (C=O) groups is 2. The van der Waals surface area contributed by atoms with Crippen molar-refractivity contribution in [3.05, 3.63) is 0 Å². The molecule has 1 atom stereocenters. The van der Waals surface area contributed by atoms with E-state index in [2.05, 4.69) is 4.74 Å². The van der Waals surface area contributed by atoms with E-state index in [1.165, 1.54) is 14.2 Å². The van der Waals surface area contributed by atoms with Crippen molar-refractivity contribution in [2.24, 2.45) is 5.41 Å². The second-order valence-corrected chi connectivity index (χ2v) is 4.33. The molecular formula is C11H18O7. The monoisotopic (exact) mass is 262 g/mol. The number of rotatable bonds is 7. The number of hydrogen-bond donors (Lipinski definition) is 0. The van der Waals surface area contributed by atoms with E-state index in [4.69, 9.17) is 18.9 Å². The predicted molar refractivity (Wildman–Crippen MR) is 59.0 cm³/mol. The van der Waals surface area contributed by atoms with Gasteiger partial charge in [0.15, 0.2) is 6.10 Å². The molecule has 0 saturated carbocycles. The third-order valence-electron chi connectivity index (χ3n) is 2.47. The highest BCUT2D eigenvalue weighted by atomic mass is 16.8. The van der Waals surface area contributed by atoms with Gasteiger partial charge in [-0.2, -0.15) is 0 Å². The van der Waals surface area contributed by atoms with E-state index < -0.39 is 23.6 Å². The van der Waals surface area contributed by atoms with E-state index in [0.29, 0.717) is 0 Å². The maximum Gasteiger partial charge on any atom is 0.508 e. The Hall–Kier alpha value is -1.34. The summed E-state index contributed by atoms with van der Waals surface area (Å²) in [4.78, 5) is 22.6. The minimum Gasteiger partial charge on any atom is -0.461 e. The van der Waals surface area contributed by atoms with E-state index in [1.807, 2.05) is 0 Å². The van der Waals surface area contributed by atoms with Crippen molar-refractivity contribution in [1.29, 1.82) is 0 Å². The van der Waals surface area contributed by atoms with E-state index in [1.54, 1.807) is 6.92 Å². The lowest BCUT2D eigenvalue weighted by molar-refractivity contribution is -0.164. The first kappa shape index (κ1) is 14.7. The smallest absolute Gasteiger partial charge is 0.461 e. The van der Waals surface area contributed by atoms with Crippen LogP contribution in [0.2, 0.25) is 0 Å². The number of esters is 1. The van der Waals surface area contributed by atoms with Gasteiger partial charge in [-0.25, -0.2) is 4.79 Å². The highest BCUT2D eigenvalue weighted by molar-refractivity contribution is 5.76. The maximum atomic E-state index is 11.9. The van der Waals surface area contributed by atoms with Gasteiger partial charge in [0, 0.05) is 14.2 Å². The molecule has 1 aliphatic rings. The molecule has 0 radical (unpaired) electrons. The van der Waals surface area contributed by atoms with Gasteiger partial charge in [-0.05, 0) is 6.92 Å². The van der Waals surface area contributed by atoms with E-state index >= 15 is 0 Å². The maximum absolute atomic E-state index is 11.9. The normalized spacial score (nSPS) is 19.3. The van der Waals surface area contributed by atoms with Crippen molar-refractivity contribution in [3.8, 4) is 0 Å². The summed E-state index contributed by atoms with van der Waals surface area (Å²) in [7, 11) is 2.99. The molecule has 0 aromatic rings. The largest absolute Gasteiger partial charge is 0.508 e. The highest BCUT2D eigenvalue weighted by Crippen LogP contribution is 2.20. The number of hydrogen-bond acceptors (Lipinski definition) is 7. The minimum absolute atomic E-state index is 0.0341. The van der Waals surface area contributed by atoms with Gasteiger partial charge in [-0.15, -0.1) is 0 Å². The fourth-order valence-corrected chi connectivity index (χ4v) is 1.59. The summed E-state index contributed by atoms with van der Waals surface area (Å²) in [5, 5.41) is 0. The molecule has 104 valence electrons. The van der Waals surface area contributed by atoms with Gasteiger partial charge < -0.3 is 23.7 Å². The lowest BCUT2D eigenvalue weighted by Crippen LogP contribution is -2.39. The number of ether oxygens (including phenoxy) is 5. The van der Waals surface area contributed by atoms with Crippen LogP contribution in [0.15, 0.2) is 0 Å². The number of methoxy groups -OCH3 is 2. The van der Waals surface area contributed by atoms with Gasteiger partial charge in [-0.1, -0.05) is 0 Å². The summed E-state index contributed by atoms with van der Waals surface area (Å²) in [6.45, 7) is 2.10. The standard InChI is InChI=1S/C11H18O7/c1-11(6-14-2,7-15-3)9(12)16-4-8-5-17-10(13)18-8/h8H,4-7H2,1-3H3. The summed E-state index contributed by atoms with van der Waals surface area (Å²) in [5.74, 6) is -0.464. The molecule has 1 rings (SSSR count). The molecule has 0 bridgehead atoms. The molecule has 1 heterocycles. The van der Waals surface area contributed by atoms with Crippen molar-refractivity contribution in [2.75, 3.05) is 40.6 Å². The van der Waals surface area contributed by atoms with Crippen LogP contribution in [0.1, 0.15) is 6.92 Å². The van der Waals surface area contributed by atoms with Gasteiger partial charge in [0.2, 0.25) is 0 Å². The van der Waals surface area contributed by atoms with Crippen LogP contribution in [0, 0.1) is 5.41 Å². The van der Waals surface area contributed by atoms with Crippen molar-refractivity contribution < 1.29 is 33.3 Å². The summed E-state index contributed by atoms with van der Waals surface area (Å²) in [6, 6.07) is 0. The van der Waals surface area contributed by atoms with Crippen molar-refractivity contribution in [2.45, 2.75) is 13.0 Å². The molecule has 1 aliphatic heterocycles. The molecule has 1 saturated heterocycles. The molecule has 7 heteroatoms. The quantitative estimate of drug-likeness (QED) is 0.613. The zero-order chi connectivity index (χ0) is 13.6. The molecule has 0 amide bonds. The Balaban J connectivity index is 2.43. The number of carbonyl (C=O) groups excluding carboxylic acids is 2. The van der Waals surface area contributed by atoms with Gasteiger partial charge in [0.05, 0.1) is 13.2 Å². The molecule has 0 N–H and O–H groups in total. The van der Waals surface area contributed by atoms with E-state index in [-0.39, 0.29) is 26.4 Å². The van der Waals surface area contributed by atoms with Crippen molar-refractivity contribution in [3.63, 3.8) is 0 Å². The first-order valence-electron chi connectivity index (χ1n) is 5.50. The second kappa shape index (κ2) is 6.55. The third-order valence-corrected chi connectivity index (χ3v) is 2.47. The average molecular weight is 262 g/mol. The van der Waals surface area contributed by atoms with Crippen LogP contribution < -0.4 is 0 Å². The lowest BCUT2D eigenvalue weighted by Gasteiger charge is -2.25. The predicted octanol–water partition coefficient (Wildman–Crippen LogP) is 0.364. The second-order valence-electron chi connectivity index (χ2n) is 4.33. The van der Waals surface area contributed by atoms with Crippen LogP contribution in [0.25, 0.3) is 0 Å². The molecule has 18 heavy (non-hydrogen) atoms. The molecule has 7 nitrogen and oxygen atoms in total.